The maximum absolute atomic E-state index is 11.9. The molecule has 0 aliphatic heterocycles. The lowest BCUT2D eigenvalue weighted by atomic mass is 10.1. The van der Waals surface area contributed by atoms with Crippen LogP contribution in [-0.2, 0) is 11.3 Å². The molecule has 0 radical (unpaired) electrons. The van der Waals surface area contributed by atoms with Crippen molar-refractivity contribution in [2.45, 2.75) is 39.8 Å². The Kier molecular flexibility index (Phi) is 4.89. The third kappa shape index (κ3) is 4.52. The molecule has 0 fully saturated rings. The molecule has 1 aromatic rings. The van der Waals surface area contributed by atoms with Gasteiger partial charge in [-0.15, -0.1) is 0 Å². The summed E-state index contributed by atoms with van der Waals surface area (Å²) < 4.78 is 1.58. The fraction of sp³-hybridized carbons (Fsp3) is 0.571. The minimum Gasteiger partial charge on any atom is -0.325 e. The number of aromatic nitrogens is 1. The fourth-order valence-corrected chi connectivity index (χ4v) is 1.50. The molecule has 0 saturated heterocycles. The van der Waals surface area contributed by atoms with Crippen LogP contribution >= 0.6 is 0 Å². The Hall–Kier alpha value is -1.62. The molecule has 0 aliphatic carbocycles. The number of hydrogen-bond donors (Lipinski definition) is 1. The second kappa shape index (κ2) is 6.02. The molecule has 1 heterocycles. The zero-order valence-corrected chi connectivity index (χ0v) is 12.4. The van der Waals surface area contributed by atoms with Gasteiger partial charge in [-0.1, -0.05) is 0 Å². The van der Waals surface area contributed by atoms with Gasteiger partial charge < -0.3 is 9.88 Å². The summed E-state index contributed by atoms with van der Waals surface area (Å²) in [6, 6.07) is 3.18. The van der Waals surface area contributed by atoms with Crippen molar-refractivity contribution in [3.8, 4) is 0 Å². The summed E-state index contributed by atoms with van der Waals surface area (Å²) in [5.41, 5.74) is 0.370. The lowest BCUT2D eigenvalue weighted by Gasteiger charge is -2.31. The minimum atomic E-state index is -0.119. The summed E-state index contributed by atoms with van der Waals surface area (Å²) in [4.78, 5) is 25.5. The quantitative estimate of drug-likeness (QED) is 0.898. The molecule has 0 spiro atoms. The van der Waals surface area contributed by atoms with E-state index in [0.717, 1.165) is 0 Å². The van der Waals surface area contributed by atoms with E-state index in [9.17, 15) is 9.59 Å². The van der Waals surface area contributed by atoms with Crippen molar-refractivity contribution in [1.82, 2.24) is 9.47 Å². The predicted molar refractivity (Wildman–Crippen MR) is 77.4 cm³/mol. The summed E-state index contributed by atoms with van der Waals surface area (Å²) in [7, 11) is 1.90. The molecule has 0 saturated carbocycles. The molecule has 0 bridgehead atoms. The maximum Gasteiger partial charge on any atom is 0.252 e. The summed E-state index contributed by atoms with van der Waals surface area (Å²) in [5.74, 6) is -0.119. The highest BCUT2D eigenvalue weighted by Crippen LogP contribution is 2.10. The Balaban J connectivity index is 2.68. The molecule has 0 atom stereocenters. The highest BCUT2D eigenvalue weighted by Gasteiger charge is 2.19. The molecular weight excluding hydrogens is 242 g/mol. The van der Waals surface area contributed by atoms with Crippen LogP contribution in [0.15, 0.2) is 23.1 Å². The Morgan fingerprint density at radius 3 is 2.53 bits per heavy atom. The Labute approximate surface area is 114 Å². The second-order valence-corrected chi connectivity index (χ2v) is 5.61. The number of carbonyl (C=O) groups excluding carboxylic acids is 1. The van der Waals surface area contributed by atoms with Gasteiger partial charge in [0, 0.05) is 30.0 Å². The third-order valence-corrected chi connectivity index (χ3v) is 3.15. The first-order valence-corrected chi connectivity index (χ1v) is 6.45. The Bertz CT molecular complexity index is 500. The van der Waals surface area contributed by atoms with E-state index in [1.165, 1.54) is 6.07 Å². The number of hydrogen-bond acceptors (Lipinski definition) is 3. The van der Waals surface area contributed by atoms with Crippen LogP contribution in [0.2, 0.25) is 0 Å². The van der Waals surface area contributed by atoms with E-state index in [2.05, 4.69) is 5.32 Å². The number of rotatable bonds is 4. The molecule has 1 N–H and O–H groups in total. The predicted octanol–water partition coefficient (Wildman–Crippen LogP) is 1.54. The van der Waals surface area contributed by atoms with Crippen LogP contribution in [0.25, 0.3) is 0 Å². The van der Waals surface area contributed by atoms with E-state index < -0.39 is 0 Å². The Morgan fingerprint density at radius 2 is 2.05 bits per heavy atom. The lowest BCUT2D eigenvalue weighted by Crippen LogP contribution is -2.42. The van der Waals surface area contributed by atoms with Crippen LogP contribution in [-0.4, -0.2) is 34.5 Å². The zero-order valence-electron chi connectivity index (χ0n) is 12.4. The number of nitrogens with one attached hydrogen (secondary N) is 1. The minimum absolute atomic E-state index is 0.0665. The number of carbonyl (C=O) groups is 1. The van der Waals surface area contributed by atoms with Crippen LogP contribution in [0.3, 0.4) is 0 Å². The van der Waals surface area contributed by atoms with E-state index in [1.807, 2.05) is 39.6 Å². The third-order valence-electron chi connectivity index (χ3n) is 3.15. The number of anilines is 1. The van der Waals surface area contributed by atoms with Crippen molar-refractivity contribution >= 4 is 11.6 Å². The normalized spacial score (nSPS) is 11.7. The zero-order chi connectivity index (χ0) is 14.6. The van der Waals surface area contributed by atoms with Crippen molar-refractivity contribution in [3.05, 3.63) is 28.7 Å². The van der Waals surface area contributed by atoms with Crippen molar-refractivity contribution in [1.29, 1.82) is 0 Å². The van der Waals surface area contributed by atoms with Crippen molar-refractivity contribution in [3.63, 3.8) is 0 Å². The number of amides is 1. The highest BCUT2D eigenvalue weighted by atomic mass is 16.2. The average Bonchev–Trinajstić information content (AvgIpc) is 2.27. The molecule has 106 valence electrons. The van der Waals surface area contributed by atoms with Crippen LogP contribution in [0.4, 0.5) is 5.69 Å². The van der Waals surface area contributed by atoms with E-state index in [4.69, 9.17) is 0 Å². The van der Waals surface area contributed by atoms with Crippen molar-refractivity contribution in [2.75, 3.05) is 18.9 Å². The first-order chi connectivity index (χ1) is 8.74. The van der Waals surface area contributed by atoms with E-state index in [1.54, 1.807) is 16.8 Å². The number of nitrogens with zero attached hydrogens (tertiary/aromatic N) is 2. The molecule has 0 aliphatic rings. The molecule has 1 amide bonds. The van der Waals surface area contributed by atoms with Gasteiger partial charge in [-0.05, 0) is 40.8 Å². The molecule has 0 aromatic carbocycles. The smallest absolute Gasteiger partial charge is 0.252 e. The topological polar surface area (TPSA) is 54.3 Å². The fourth-order valence-electron chi connectivity index (χ4n) is 1.50. The van der Waals surface area contributed by atoms with E-state index in [-0.39, 0.29) is 17.0 Å². The second-order valence-electron chi connectivity index (χ2n) is 5.61. The summed E-state index contributed by atoms with van der Waals surface area (Å²) in [6.45, 7) is 8.95. The van der Waals surface area contributed by atoms with Crippen LogP contribution in [0.5, 0.6) is 0 Å². The molecule has 0 unspecified atom stereocenters. The van der Waals surface area contributed by atoms with Gasteiger partial charge in [0.05, 0.1) is 6.54 Å². The number of pyridine rings is 1. The van der Waals surface area contributed by atoms with Gasteiger partial charge in [-0.2, -0.15) is 0 Å². The van der Waals surface area contributed by atoms with Crippen LogP contribution in [0.1, 0.15) is 27.7 Å². The molecular formula is C14H23N3O2. The molecule has 5 nitrogen and oxygen atoms in total. The average molecular weight is 265 g/mol. The number of aryl methyl sites for hydroxylation is 1. The standard InChI is InChI=1S/C14H23N3O2/c1-6-17-8-7-11(9-13(17)19)15-12(18)10-16(5)14(2,3)4/h7-9H,6,10H2,1-5H3,(H,15,18). The lowest BCUT2D eigenvalue weighted by molar-refractivity contribution is -0.118. The van der Waals surface area contributed by atoms with Gasteiger partial charge >= 0.3 is 0 Å². The molecule has 5 heteroatoms. The SMILES string of the molecule is CCn1ccc(NC(=O)CN(C)C(C)(C)C)cc1=O. The van der Waals surface area contributed by atoms with Crippen molar-refractivity contribution < 1.29 is 4.79 Å². The van der Waals surface area contributed by atoms with E-state index >= 15 is 0 Å². The highest BCUT2D eigenvalue weighted by molar-refractivity contribution is 5.92. The van der Waals surface area contributed by atoms with Gasteiger partial charge in [0.25, 0.3) is 5.56 Å². The van der Waals surface area contributed by atoms with Gasteiger partial charge in [0.1, 0.15) is 0 Å². The first kappa shape index (κ1) is 15.4. The molecule has 1 aromatic heterocycles. The van der Waals surface area contributed by atoms with Gasteiger partial charge in [0.2, 0.25) is 5.91 Å². The summed E-state index contributed by atoms with van der Waals surface area (Å²) in [5, 5.41) is 2.74. The van der Waals surface area contributed by atoms with Gasteiger partial charge in [-0.25, -0.2) is 0 Å². The summed E-state index contributed by atoms with van der Waals surface area (Å²) >= 11 is 0. The number of likely N-dealkylation sites (N-methyl/N-ethyl adjacent to an activating group) is 1. The van der Waals surface area contributed by atoms with E-state index in [0.29, 0.717) is 18.8 Å². The van der Waals surface area contributed by atoms with Gasteiger partial charge in [-0.3, -0.25) is 14.5 Å². The molecule has 19 heavy (non-hydrogen) atoms. The largest absolute Gasteiger partial charge is 0.325 e. The van der Waals surface area contributed by atoms with Crippen molar-refractivity contribution in [2.24, 2.45) is 0 Å². The van der Waals surface area contributed by atoms with Crippen LogP contribution < -0.4 is 10.9 Å². The summed E-state index contributed by atoms with van der Waals surface area (Å²) in [6.07, 6.45) is 1.69. The van der Waals surface area contributed by atoms with Crippen LogP contribution in [0, 0.1) is 0 Å². The first-order valence-electron chi connectivity index (χ1n) is 6.45. The maximum atomic E-state index is 11.9. The van der Waals surface area contributed by atoms with Gasteiger partial charge in [0.15, 0.2) is 0 Å². The Morgan fingerprint density at radius 1 is 1.42 bits per heavy atom. The molecule has 1 rings (SSSR count). The monoisotopic (exact) mass is 265 g/mol.